The lowest BCUT2D eigenvalue weighted by molar-refractivity contribution is -0.144. The van der Waals surface area contributed by atoms with Gasteiger partial charge < -0.3 is 9.64 Å². The molecular weight excluding hydrogens is 322 g/mol. The summed E-state index contributed by atoms with van der Waals surface area (Å²) < 4.78 is 5.89. The number of benzene rings is 1. The van der Waals surface area contributed by atoms with E-state index < -0.39 is 0 Å². The molecule has 0 heterocycles. The number of aryl methyl sites for hydroxylation is 1. The Labute approximate surface area is 127 Å². The molecule has 1 fully saturated rings. The van der Waals surface area contributed by atoms with Crippen LogP contribution in [0.1, 0.15) is 35.7 Å². The summed E-state index contributed by atoms with van der Waals surface area (Å²) in [5.41, 5.74) is 1.54. The molecule has 2 rings (SSSR count). The summed E-state index contributed by atoms with van der Waals surface area (Å²) in [4.78, 5) is 25.9. The summed E-state index contributed by atoms with van der Waals surface area (Å²) in [5.74, 6) is -0.437. The van der Waals surface area contributed by atoms with E-state index >= 15 is 0 Å². The molecule has 1 saturated carbocycles. The molecule has 1 aromatic rings. The maximum atomic E-state index is 12.6. The normalized spacial score (nSPS) is 13.9. The van der Waals surface area contributed by atoms with Gasteiger partial charge in [0.15, 0.2) is 0 Å². The van der Waals surface area contributed by atoms with Crippen molar-refractivity contribution in [3.05, 3.63) is 33.8 Å². The van der Waals surface area contributed by atoms with Gasteiger partial charge in [0.1, 0.15) is 6.54 Å². The van der Waals surface area contributed by atoms with Crippen molar-refractivity contribution in [2.45, 2.75) is 32.7 Å². The molecule has 1 aliphatic carbocycles. The third-order valence-corrected chi connectivity index (χ3v) is 3.77. The molecule has 0 bridgehead atoms. The zero-order chi connectivity index (χ0) is 14.7. The summed E-state index contributed by atoms with van der Waals surface area (Å²) in [7, 11) is 0. The Kier molecular flexibility index (Phi) is 4.81. The third-order valence-electron chi connectivity index (χ3n) is 3.27. The van der Waals surface area contributed by atoms with E-state index in [-0.39, 0.29) is 24.5 Å². The second kappa shape index (κ2) is 6.39. The van der Waals surface area contributed by atoms with Crippen LogP contribution in [0.5, 0.6) is 0 Å². The first-order valence-corrected chi connectivity index (χ1v) is 7.55. The number of carbonyl (C=O) groups is 2. The number of hydrogen-bond donors (Lipinski definition) is 0. The Balaban J connectivity index is 2.16. The smallest absolute Gasteiger partial charge is 0.325 e. The lowest BCUT2D eigenvalue weighted by Crippen LogP contribution is -2.38. The van der Waals surface area contributed by atoms with Crippen molar-refractivity contribution in [2.75, 3.05) is 13.2 Å². The Morgan fingerprint density at radius 2 is 2.10 bits per heavy atom. The molecular formula is C15H18BrNO3. The molecule has 1 aliphatic rings. The van der Waals surface area contributed by atoms with Crippen LogP contribution in [0, 0.1) is 6.92 Å². The highest BCUT2D eigenvalue weighted by molar-refractivity contribution is 9.10. The maximum absolute atomic E-state index is 12.6. The van der Waals surface area contributed by atoms with Crippen LogP contribution in [0.15, 0.2) is 22.7 Å². The van der Waals surface area contributed by atoms with E-state index in [0.717, 1.165) is 22.9 Å². The Morgan fingerprint density at radius 3 is 2.65 bits per heavy atom. The lowest BCUT2D eigenvalue weighted by atomic mass is 10.1. The van der Waals surface area contributed by atoms with Crippen LogP contribution in [-0.4, -0.2) is 36.0 Å². The molecule has 108 valence electrons. The summed E-state index contributed by atoms with van der Waals surface area (Å²) in [6, 6.07) is 5.72. The van der Waals surface area contributed by atoms with Crippen LogP contribution in [-0.2, 0) is 9.53 Å². The number of esters is 1. The minimum absolute atomic E-state index is 0.0346. The molecule has 1 amide bonds. The SMILES string of the molecule is CCOC(=O)CN(C(=O)c1ccc(Br)cc1C)C1CC1. The van der Waals surface area contributed by atoms with Crippen LogP contribution in [0.25, 0.3) is 0 Å². The summed E-state index contributed by atoms with van der Waals surface area (Å²) in [6.45, 7) is 4.03. The molecule has 0 radical (unpaired) electrons. The van der Waals surface area contributed by atoms with Gasteiger partial charge in [-0.15, -0.1) is 0 Å². The fraction of sp³-hybridized carbons (Fsp3) is 0.467. The second-order valence-corrected chi connectivity index (χ2v) is 5.84. The molecule has 4 nitrogen and oxygen atoms in total. The van der Waals surface area contributed by atoms with E-state index in [2.05, 4.69) is 15.9 Å². The Hall–Kier alpha value is -1.36. The van der Waals surface area contributed by atoms with Crippen molar-refractivity contribution < 1.29 is 14.3 Å². The van der Waals surface area contributed by atoms with Crippen LogP contribution in [0.4, 0.5) is 0 Å². The zero-order valence-corrected chi connectivity index (χ0v) is 13.3. The van der Waals surface area contributed by atoms with Crippen molar-refractivity contribution in [3.63, 3.8) is 0 Å². The van der Waals surface area contributed by atoms with Gasteiger partial charge in [-0.3, -0.25) is 9.59 Å². The highest BCUT2D eigenvalue weighted by Gasteiger charge is 2.35. The van der Waals surface area contributed by atoms with E-state index in [1.165, 1.54) is 0 Å². The first kappa shape index (κ1) is 15.0. The first-order chi connectivity index (χ1) is 9.52. The topological polar surface area (TPSA) is 46.6 Å². The van der Waals surface area contributed by atoms with Crippen LogP contribution in [0.3, 0.4) is 0 Å². The molecule has 5 heteroatoms. The van der Waals surface area contributed by atoms with Crippen molar-refractivity contribution in [3.8, 4) is 0 Å². The van der Waals surface area contributed by atoms with Gasteiger partial charge in [-0.05, 0) is 50.5 Å². The van der Waals surface area contributed by atoms with Crippen molar-refractivity contribution in [1.82, 2.24) is 4.90 Å². The molecule has 0 aromatic heterocycles. The number of carbonyl (C=O) groups excluding carboxylic acids is 2. The highest BCUT2D eigenvalue weighted by Crippen LogP contribution is 2.29. The predicted molar refractivity (Wildman–Crippen MR) is 79.6 cm³/mol. The molecule has 1 aromatic carbocycles. The van der Waals surface area contributed by atoms with Gasteiger partial charge >= 0.3 is 5.97 Å². The molecule has 0 spiro atoms. The van der Waals surface area contributed by atoms with E-state index in [1.807, 2.05) is 19.1 Å². The summed E-state index contributed by atoms with van der Waals surface area (Å²) >= 11 is 3.39. The van der Waals surface area contributed by atoms with Gasteiger partial charge in [0.05, 0.1) is 6.61 Å². The molecule has 0 N–H and O–H groups in total. The number of rotatable bonds is 5. The van der Waals surface area contributed by atoms with Gasteiger partial charge in [-0.2, -0.15) is 0 Å². The number of amides is 1. The monoisotopic (exact) mass is 339 g/mol. The van der Waals surface area contributed by atoms with Crippen molar-refractivity contribution >= 4 is 27.8 Å². The average Bonchev–Trinajstić information content (AvgIpc) is 3.20. The molecule has 0 unspecified atom stereocenters. The van der Waals surface area contributed by atoms with Crippen LogP contribution < -0.4 is 0 Å². The van der Waals surface area contributed by atoms with Gasteiger partial charge in [0.2, 0.25) is 0 Å². The summed E-state index contributed by atoms with van der Waals surface area (Å²) in [5, 5.41) is 0. The number of halogens is 1. The first-order valence-electron chi connectivity index (χ1n) is 6.75. The van der Waals surface area contributed by atoms with E-state index in [1.54, 1.807) is 17.9 Å². The third kappa shape index (κ3) is 3.60. The minimum atomic E-state index is -0.345. The summed E-state index contributed by atoms with van der Waals surface area (Å²) in [6.07, 6.45) is 1.92. The molecule has 0 saturated heterocycles. The maximum Gasteiger partial charge on any atom is 0.325 e. The standard InChI is InChI=1S/C15H18BrNO3/c1-3-20-14(18)9-17(12-5-6-12)15(19)13-7-4-11(16)8-10(13)2/h4,7-8,12H,3,5-6,9H2,1-2H3. The number of nitrogens with zero attached hydrogens (tertiary/aromatic N) is 1. The largest absolute Gasteiger partial charge is 0.465 e. The minimum Gasteiger partial charge on any atom is -0.465 e. The lowest BCUT2D eigenvalue weighted by Gasteiger charge is -2.22. The molecule has 20 heavy (non-hydrogen) atoms. The zero-order valence-electron chi connectivity index (χ0n) is 11.7. The van der Waals surface area contributed by atoms with E-state index in [4.69, 9.17) is 4.74 Å². The predicted octanol–water partition coefficient (Wildman–Crippen LogP) is 2.93. The van der Waals surface area contributed by atoms with Gasteiger partial charge in [-0.1, -0.05) is 15.9 Å². The van der Waals surface area contributed by atoms with Crippen molar-refractivity contribution in [2.24, 2.45) is 0 Å². The quantitative estimate of drug-likeness (QED) is 0.775. The Morgan fingerprint density at radius 1 is 1.40 bits per heavy atom. The molecule has 0 aliphatic heterocycles. The van der Waals surface area contributed by atoms with Crippen LogP contribution in [0.2, 0.25) is 0 Å². The van der Waals surface area contributed by atoms with Gasteiger partial charge in [0.25, 0.3) is 5.91 Å². The Bertz CT molecular complexity index is 526. The van der Waals surface area contributed by atoms with Crippen molar-refractivity contribution in [1.29, 1.82) is 0 Å². The molecule has 0 atom stereocenters. The fourth-order valence-electron chi connectivity index (χ4n) is 2.12. The van der Waals surface area contributed by atoms with Crippen LogP contribution >= 0.6 is 15.9 Å². The van der Waals surface area contributed by atoms with E-state index in [0.29, 0.717) is 12.2 Å². The highest BCUT2D eigenvalue weighted by atomic mass is 79.9. The van der Waals surface area contributed by atoms with Gasteiger partial charge in [-0.25, -0.2) is 0 Å². The fourth-order valence-corrected chi connectivity index (χ4v) is 2.60. The average molecular weight is 340 g/mol. The number of hydrogen-bond acceptors (Lipinski definition) is 3. The second-order valence-electron chi connectivity index (χ2n) is 4.93. The van der Waals surface area contributed by atoms with Gasteiger partial charge in [0, 0.05) is 16.1 Å². The van der Waals surface area contributed by atoms with E-state index in [9.17, 15) is 9.59 Å². The number of ether oxygens (including phenoxy) is 1.